The molecule has 0 saturated carbocycles. The number of hydrogen-bond donors (Lipinski definition) is 4. The van der Waals surface area contributed by atoms with Gasteiger partial charge in [-0.15, -0.1) is 0 Å². The quantitative estimate of drug-likeness (QED) is 0.0549. The Kier molecular flexibility index (Phi) is 28.5. The predicted octanol–water partition coefficient (Wildman–Crippen LogP) is 17.3. The fourth-order valence-corrected chi connectivity index (χ4v) is 10.5. The number of esters is 2. The minimum atomic E-state index is -1.05. The number of hydrogen-bond acceptors (Lipinski definition) is 8. The SMILES string of the molecule is C.C.CC.CC.CC(C)c1c(C(=O)Nc2ccccc2)c(-c2ccccc2)c(-c2ccc(F)cc2)n1CC[C@@H]1CC=CC(=O)O1.COC(=O)CC(O)C[C@H](O)CCn1c(-c2ccc(F)cc2)c(-c2ccccc2)c(C(=O)Nc2ccccc2)c1C(C)C. The monoisotopic (exact) mass is 1190 g/mol. The standard InChI is InChI=1S/C34H37FN2O5.C33H31FN2O3.2C2H6.2CH4/c1-22(2)32-31(34(41)36-26-12-8-5-9-13-26)30(23-10-6-4-7-11-23)33(24-14-16-25(35)17-15-24)37(32)19-18-27(38)20-28(39)21-29(40)42-3;1-22(2)31-30(33(38)35-26-12-7-4-8-13-26)29(23-10-5-3-6-11-23)32(24-16-18-25(34)19-17-24)36(31)21-20-27-14-9-15-28(37)39-27;2*1-2;;/h4-17,22,27-28,38-39H,18-21H2,1-3H3,(H,36,41);3-13,15-19,22,27H,14,20-21H2,1-2H3,(H,35,38);2*1-2H3;2*1H4/t27-,28?;27-;;;;/m10..../s1. The lowest BCUT2D eigenvalue weighted by Gasteiger charge is -2.22. The van der Waals surface area contributed by atoms with E-state index in [1.807, 2.05) is 174 Å². The summed E-state index contributed by atoms with van der Waals surface area (Å²) in [5, 5.41) is 27.2. The van der Waals surface area contributed by atoms with Gasteiger partial charge in [0.1, 0.15) is 17.7 Å². The van der Waals surface area contributed by atoms with Gasteiger partial charge >= 0.3 is 11.9 Å². The summed E-state index contributed by atoms with van der Waals surface area (Å²) in [7, 11) is 1.25. The maximum atomic E-state index is 14.1. The van der Waals surface area contributed by atoms with E-state index in [-0.39, 0.29) is 81.5 Å². The van der Waals surface area contributed by atoms with Crippen LogP contribution in [0.15, 0.2) is 182 Å². The molecule has 462 valence electrons. The summed E-state index contributed by atoms with van der Waals surface area (Å²) >= 11 is 0. The van der Waals surface area contributed by atoms with Gasteiger partial charge in [0.25, 0.3) is 11.8 Å². The van der Waals surface area contributed by atoms with Crippen molar-refractivity contribution in [1.29, 1.82) is 0 Å². The van der Waals surface area contributed by atoms with Crippen LogP contribution in [0.5, 0.6) is 0 Å². The molecular formula is C73H88F2N4O8. The van der Waals surface area contributed by atoms with Crippen LogP contribution in [0.4, 0.5) is 20.2 Å². The normalized spacial score (nSPS) is 12.9. The average molecular weight is 1190 g/mol. The van der Waals surface area contributed by atoms with E-state index in [1.165, 1.54) is 37.5 Å². The molecule has 14 heteroatoms. The van der Waals surface area contributed by atoms with Crippen LogP contribution in [0.25, 0.3) is 44.8 Å². The van der Waals surface area contributed by atoms with Gasteiger partial charge in [-0.05, 0) is 120 Å². The number of nitrogens with zero attached hydrogens (tertiary/aromatic N) is 2. The lowest BCUT2D eigenvalue weighted by Crippen LogP contribution is -2.23. The number of carbonyl (C=O) groups excluding carboxylic acids is 4. The maximum absolute atomic E-state index is 14.1. The third-order valence-corrected chi connectivity index (χ3v) is 14.0. The molecule has 9 rings (SSSR count). The van der Waals surface area contributed by atoms with E-state index in [0.29, 0.717) is 54.0 Å². The van der Waals surface area contributed by atoms with Gasteiger partial charge in [-0.1, -0.05) is 173 Å². The highest BCUT2D eigenvalue weighted by Gasteiger charge is 2.33. The van der Waals surface area contributed by atoms with Crippen LogP contribution in [0.3, 0.4) is 0 Å². The third-order valence-electron chi connectivity index (χ3n) is 14.0. The molecule has 1 aliphatic rings. The number of ether oxygens (including phenoxy) is 2. The van der Waals surface area contributed by atoms with E-state index in [0.717, 1.165) is 50.6 Å². The zero-order valence-corrected chi connectivity index (χ0v) is 50.2. The van der Waals surface area contributed by atoms with Gasteiger partial charge in [-0.3, -0.25) is 14.4 Å². The molecule has 0 saturated heterocycles. The zero-order valence-electron chi connectivity index (χ0n) is 50.2. The lowest BCUT2D eigenvalue weighted by molar-refractivity contribution is -0.145. The summed E-state index contributed by atoms with van der Waals surface area (Å²) in [6.07, 6.45) is 2.31. The smallest absolute Gasteiger partial charge is 0.330 e. The second kappa shape index (κ2) is 35.0. The van der Waals surface area contributed by atoms with Crippen molar-refractivity contribution in [2.75, 3.05) is 17.7 Å². The number of aliphatic hydroxyl groups is 2. The fourth-order valence-electron chi connectivity index (χ4n) is 10.5. The summed E-state index contributed by atoms with van der Waals surface area (Å²) in [5.41, 5.74) is 10.4. The third kappa shape index (κ3) is 18.6. The van der Waals surface area contributed by atoms with Gasteiger partial charge in [-0.25, -0.2) is 13.6 Å². The first-order chi connectivity index (χ1) is 41.1. The Hall–Kier alpha value is -8.72. The molecule has 0 aliphatic carbocycles. The Morgan fingerprint density at radius 3 is 1.34 bits per heavy atom. The van der Waals surface area contributed by atoms with Crippen LogP contribution in [-0.2, 0) is 32.2 Å². The van der Waals surface area contributed by atoms with Crippen molar-refractivity contribution in [3.05, 3.63) is 216 Å². The zero-order chi connectivity index (χ0) is 61.6. The van der Waals surface area contributed by atoms with Crippen molar-refractivity contribution in [3.63, 3.8) is 0 Å². The fraction of sp³-hybridized carbons (Fsp3) is 0.315. The number of cyclic esters (lactones) is 1. The topological polar surface area (TPSA) is 161 Å². The van der Waals surface area contributed by atoms with Gasteiger partial charge in [0.05, 0.1) is 48.3 Å². The van der Waals surface area contributed by atoms with Crippen LogP contribution in [0, 0.1) is 11.6 Å². The Balaban J connectivity index is 0.000000345. The first kappa shape index (κ1) is 70.8. The predicted molar refractivity (Wildman–Crippen MR) is 350 cm³/mol. The molecule has 0 spiro atoms. The van der Waals surface area contributed by atoms with Crippen molar-refractivity contribution in [3.8, 4) is 44.8 Å². The molecule has 12 nitrogen and oxygen atoms in total. The largest absolute Gasteiger partial charge is 0.469 e. The van der Waals surface area contributed by atoms with E-state index in [1.54, 1.807) is 24.3 Å². The molecule has 87 heavy (non-hydrogen) atoms. The molecule has 2 aromatic heterocycles. The summed E-state index contributed by atoms with van der Waals surface area (Å²) < 4.78 is 42.4. The Morgan fingerprint density at radius 2 is 0.966 bits per heavy atom. The Labute approximate surface area is 513 Å². The van der Waals surface area contributed by atoms with Crippen molar-refractivity contribution in [2.45, 2.75) is 146 Å². The van der Waals surface area contributed by atoms with Gasteiger partial charge in [-0.2, -0.15) is 0 Å². The van der Waals surface area contributed by atoms with Gasteiger partial charge in [0.15, 0.2) is 0 Å². The number of anilines is 2. The number of rotatable bonds is 20. The van der Waals surface area contributed by atoms with Crippen LogP contribution >= 0.6 is 0 Å². The van der Waals surface area contributed by atoms with E-state index in [2.05, 4.69) is 33.8 Å². The number of halogens is 2. The van der Waals surface area contributed by atoms with Crippen molar-refractivity contribution in [2.24, 2.45) is 0 Å². The molecule has 1 unspecified atom stereocenters. The summed E-state index contributed by atoms with van der Waals surface area (Å²) in [4.78, 5) is 51.6. The molecule has 1 aliphatic heterocycles. The first-order valence-corrected chi connectivity index (χ1v) is 29.3. The number of amides is 2. The molecule has 3 heterocycles. The Morgan fingerprint density at radius 1 is 0.575 bits per heavy atom. The van der Waals surface area contributed by atoms with E-state index < -0.39 is 18.2 Å². The number of nitrogens with one attached hydrogen (secondary N) is 2. The summed E-state index contributed by atoms with van der Waals surface area (Å²) in [6.45, 7) is 17.0. The van der Waals surface area contributed by atoms with E-state index in [4.69, 9.17) is 4.74 Å². The second-order valence-corrected chi connectivity index (χ2v) is 20.6. The summed E-state index contributed by atoms with van der Waals surface area (Å²) in [6, 6.07) is 50.5. The number of carbonyl (C=O) groups is 4. The molecule has 0 bridgehead atoms. The molecule has 0 radical (unpaired) electrons. The molecule has 8 aromatic rings. The molecule has 3 atom stereocenters. The van der Waals surface area contributed by atoms with Crippen LogP contribution in [0.2, 0.25) is 0 Å². The molecule has 6 aromatic carbocycles. The maximum Gasteiger partial charge on any atom is 0.330 e. The average Bonchev–Trinajstić information content (AvgIpc) is 1.71. The van der Waals surface area contributed by atoms with Crippen LogP contribution in [0.1, 0.15) is 146 Å². The number of aromatic nitrogens is 2. The van der Waals surface area contributed by atoms with Gasteiger partial charge in [0, 0.05) is 65.9 Å². The minimum Gasteiger partial charge on any atom is -0.469 e. The van der Waals surface area contributed by atoms with Gasteiger partial charge < -0.3 is 39.5 Å². The molecule has 0 fully saturated rings. The highest BCUT2D eigenvalue weighted by Crippen LogP contribution is 2.45. The number of para-hydroxylation sites is 2. The van der Waals surface area contributed by atoms with Crippen molar-refractivity contribution < 1.29 is 47.6 Å². The van der Waals surface area contributed by atoms with Crippen molar-refractivity contribution >= 4 is 35.1 Å². The van der Waals surface area contributed by atoms with Crippen LogP contribution < -0.4 is 10.6 Å². The van der Waals surface area contributed by atoms with Crippen LogP contribution in [-0.4, -0.2) is 68.5 Å². The molecular weight excluding hydrogens is 1100 g/mol. The second-order valence-electron chi connectivity index (χ2n) is 20.6. The van der Waals surface area contributed by atoms with E-state index in [9.17, 15) is 38.2 Å². The highest BCUT2D eigenvalue weighted by atomic mass is 19.1. The van der Waals surface area contributed by atoms with E-state index >= 15 is 0 Å². The number of benzene rings is 6. The number of methoxy groups -OCH3 is 1. The molecule has 4 N–H and O–H groups in total. The Bertz CT molecular complexity index is 3440. The van der Waals surface area contributed by atoms with Crippen molar-refractivity contribution in [1.82, 2.24) is 9.13 Å². The number of aliphatic hydroxyl groups excluding tert-OH is 2. The van der Waals surface area contributed by atoms with Gasteiger partial charge in [0.2, 0.25) is 0 Å². The minimum absolute atomic E-state index is 0. The lowest BCUT2D eigenvalue weighted by atomic mass is 9.94. The molecule has 2 amide bonds. The summed E-state index contributed by atoms with van der Waals surface area (Å²) in [5.74, 6) is -2.19. The first-order valence-electron chi connectivity index (χ1n) is 29.3. The highest BCUT2D eigenvalue weighted by molar-refractivity contribution is 6.13.